The second-order valence-corrected chi connectivity index (χ2v) is 9.20. The SMILES string of the molecule is Cc1ccc2c(c1)C(=O)N(CCC(CC(=O)c1ccc(Cc3ccc(Cl)cc3)cc1)C(=O)O)C2=O. The third-order valence-corrected chi connectivity index (χ3v) is 6.46. The molecule has 178 valence electrons. The molecule has 3 aromatic carbocycles. The number of halogens is 1. The first-order chi connectivity index (χ1) is 16.7. The van der Waals surface area contributed by atoms with E-state index >= 15 is 0 Å². The molecule has 35 heavy (non-hydrogen) atoms. The smallest absolute Gasteiger partial charge is 0.307 e. The summed E-state index contributed by atoms with van der Waals surface area (Å²) in [5.74, 6) is -3.31. The molecule has 3 aromatic rings. The number of carboxylic acid groups (broad SMARTS) is 1. The fraction of sp³-hybridized carbons (Fsp3) is 0.214. The van der Waals surface area contributed by atoms with Crippen molar-refractivity contribution in [1.82, 2.24) is 4.90 Å². The highest BCUT2D eigenvalue weighted by molar-refractivity contribution is 6.30. The molecule has 6 nitrogen and oxygen atoms in total. The van der Waals surface area contributed by atoms with E-state index in [2.05, 4.69) is 0 Å². The maximum atomic E-state index is 12.8. The Bertz CT molecular complexity index is 1300. The number of hydrogen-bond acceptors (Lipinski definition) is 4. The summed E-state index contributed by atoms with van der Waals surface area (Å²) in [6.45, 7) is 1.77. The van der Waals surface area contributed by atoms with Crippen molar-refractivity contribution in [3.05, 3.63) is 105 Å². The van der Waals surface area contributed by atoms with Crippen LogP contribution in [0.5, 0.6) is 0 Å². The molecule has 4 rings (SSSR count). The lowest BCUT2D eigenvalue weighted by Gasteiger charge is -2.17. The molecule has 0 saturated carbocycles. The molecule has 1 heterocycles. The third kappa shape index (κ3) is 5.49. The van der Waals surface area contributed by atoms with Crippen LogP contribution in [0.1, 0.15) is 60.6 Å². The molecule has 1 unspecified atom stereocenters. The summed E-state index contributed by atoms with van der Waals surface area (Å²) in [4.78, 5) is 50.9. The molecule has 0 bridgehead atoms. The van der Waals surface area contributed by atoms with Gasteiger partial charge in [0.25, 0.3) is 11.8 Å². The zero-order valence-corrected chi connectivity index (χ0v) is 19.9. The molecule has 1 atom stereocenters. The Balaban J connectivity index is 1.37. The molecule has 2 amide bonds. The van der Waals surface area contributed by atoms with Crippen LogP contribution in [0, 0.1) is 12.8 Å². The van der Waals surface area contributed by atoms with E-state index in [1.54, 1.807) is 30.3 Å². The summed E-state index contributed by atoms with van der Waals surface area (Å²) in [5.41, 5.74) is 4.04. The summed E-state index contributed by atoms with van der Waals surface area (Å²) in [7, 11) is 0. The van der Waals surface area contributed by atoms with Gasteiger partial charge in [-0.1, -0.05) is 59.6 Å². The molecular weight excluding hydrogens is 466 g/mol. The molecule has 0 aliphatic carbocycles. The van der Waals surface area contributed by atoms with Crippen LogP contribution in [0.15, 0.2) is 66.7 Å². The summed E-state index contributed by atoms with van der Waals surface area (Å²) >= 11 is 5.92. The molecule has 0 spiro atoms. The fourth-order valence-corrected chi connectivity index (χ4v) is 4.32. The number of carbonyl (C=O) groups is 4. The number of rotatable bonds is 9. The van der Waals surface area contributed by atoms with Gasteiger partial charge in [0.05, 0.1) is 17.0 Å². The number of carbonyl (C=O) groups excluding carboxylic acids is 3. The van der Waals surface area contributed by atoms with Gasteiger partial charge in [0.1, 0.15) is 0 Å². The van der Waals surface area contributed by atoms with Gasteiger partial charge in [-0.3, -0.25) is 24.1 Å². The van der Waals surface area contributed by atoms with Crippen molar-refractivity contribution in [2.45, 2.75) is 26.2 Å². The number of fused-ring (bicyclic) bond motifs is 1. The minimum absolute atomic E-state index is 0.000173. The Kier molecular flexibility index (Phi) is 7.12. The van der Waals surface area contributed by atoms with Crippen LogP contribution in [-0.2, 0) is 11.2 Å². The van der Waals surface area contributed by atoms with E-state index in [9.17, 15) is 24.3 Å². The van der Waals surface area contributed by atoms with Crippen molar-refractivity contribution in [3.63, 3.8) is 0 Å². The number of ketones is 1. The molecule has 1 N–H and O–H groups in total. The quantitative estimate of drug-likeness (QED) is 0.329. The number of nitrogens with zero attached hydrogens (tertiary/aromatic N) is 1. The summed E-state index contributed by atoms with van der Waals surface area (Å²) in [5, 5.41) is 10.3. The molecule has 0 fully saturated rings. The van der Waals surface area contributed by atoms with E-state index in [1.165, 1.54) is 0 Å². The van der Waals surface area contributed by atoms with Crippen LogP contribution in [-0.4, -0.2) is 40.1 Å². The number of amides is 2. The van der Waals surface area contributed by atoms with Crippen molar-refractivity contribution in [2.75, 3.05) is 6.54 Å². The number of benzene rings is 3. The molecular formula is C28H24ClNO5. The van der Waals surface area contributed by atoms with Gasteiger partial charge < -0.3 is 5.11 Å². The van der Waals surface area contributed by atoms with Crippen LogP contribution in [0.2, 0.25) is 5.02 Å². The van der Waals surface area contributed by atoms with E-state index in [0.717, 1.165) is 21.6 Å². The van der Waals surface area contributed by atoms with E-state index in [-0.39, 0.29) is 25.2 Å². The monoisotopic (exact) mass is 489 g/mol. The second-order valence-electron chi connectivity index (χ2n) is 8.76. The number of hydrogen-bond donors (Lipinski definition) is 1. The molecule has 0 radical (unpaired) electrons. The van der Waals surface area contributed by atoms with Crippen molar-refractivity contribution in [2.24, 2.45) is 5.92 Å². The van der Waals surface area contributed by atoms with Crippen molar-refractivity contribution in [3.8, 4) is 0 Å². The van der Waals surface area contributed by atoms with E-state index < -0.39 is 23.7 Å². The summed E-state index contributed by atoms with van der Waals surface area (Å²) in [6, 6.07) is 19.6. The standard InChI is InChI=1S/C28H24ClNO5/c1-17-2-11-23-24(14-17)27(33)30(26(23)32)13-12-21(28(34)35)16-25(31)20-7-3-18(4-8-20)15-19-5-9-22(29)10-6-19/h2-11,14,21H,12-13,15-16H2,1H3,(H,34,35). The predicted octanol–water partition coefficient (Wildman–Crippen LogP) is 5.20. The molecule has 0 aromatic heterocycles. The zero-order chi connectivity index (χ0) is 25.1. The van der Waals surface area contributed by atoms with Crippen LogP contribution >= 0.6 is 11.6 Å². The number of carboxylic acids is 1. The van der Waals surface area contributed by atoms with Gasteiger partial charge in [-0.2, -0.15) is 0 Å². The maximum absolute atomic E-state index is 12.8. The maximum Gasteiger partial charge on any atom is 0.307 e. The number of aliphatic carboxylic acids is 1. The van der Waals surface area contributed by atoms with Gasteiger partial charge in [-0.05, 0) is 55.2 Å². The van der Waals surface area contributed by atoms with E-state index in [1.807, 2.05) is 43.3 Å². The predicted molar refractivity (Wildman–Crippen MR) is 132 cm³/mol. The van der Waals surface area contributed by atoms with E-state index in [4.69, 9.17) is 11.6 Å². The average Bonchev–Trinajstić information content (AvgIpc) is 3.07. The Labute approximate surface area is 208 Å². The Morgan fingerprint density at radius 2 is 1.49 bits per heavy atom. The average molecular weight is 490 g/mol. The first kappa shape index (κ1) is 24.4. The Hall–Kier alpha value is -3.77. The first-order valence-electron chi connectivity index (χ1n) is 11.3. The largest absolute Gasteiger partial charge is 0.481 e. The minimum atomic E-state index is -1.13. The van der Waals surface area contributed by atoms with E-state index in [0.29, 0.717) is 28.1 Å². The van der Waals surface area contributed by atoms with Crippen molar-refractivity contribution in [1.29, 1.82) is 0 Å². The van der Waals surface area contributed by atoms with Crippen LogP contribution in [0.4, 0.5) is 0 Å². The fourth-order valence-electron chi connectivity index (χ4n) is 4.19. The lowest BCUT2D eigenvalue weighted by atomic mass is 9.94. The van der Waals surface area contributed by atoms with Crippen LogP contribution in [0.3, 0.4) is 0 Å². The summed E-state index contributed by atoms with van der Waals surface area (Å²) in [6.07, 6.45) is 0.470. The normalized spacial score (nSPS) is 13.6. The highest BCUT2D eigenvalue weighted by Crippen LogP contribution is 2.25. The highest BCUT2D eigenvalue weighted by Gasteiger charge is 2.36. The third-order valence-electron chi connectivity index (χ3n) is 6.21. The summed E-state index contributed by atoms with van der Waals surface area (Å²) < 4.78 is 0. The number of aryl methyl sites for hydroxylation is 1. The van der Waals surface area contributed by atoms with Crippen LogP contribution in [0.25, 0.3) is 0 Å². The molecule has 1 aliphatic rings. The van der Waals surface area contributed by atoms with Gasteiger partial charge in [0, 0.05) is 23.6 Å². The van der Waals surface area contributed by atoms with Gasteiger partial charge in [-0.15, -0.1) is 0 Å². The lowest BCUT2D eigenvalue weighted by molar-refractivity contribution is -0.142. The Morgan fingerprint density at radius 3 is 2.11 bits per heavy atom. The topological polar surface area (TPSA) is 91.8 Å². The first-order valence-corrected chi connectivity index (χ1v) is 11.7. The lowest BCUT2D eigenvalue weighted by Crippen LogP contribution is -2.33. The molecule has 7 heteroatoms. The van der Waals surface area contributed by atoms with Gasteiger partial charge in [0.2, 0.25) is 0 Å². The zero-order valence-electron chi connectivity index (χ0n) is 19.2. The van der Waals surface area contributed by atoms with Gasteiger partial charge in [-0.25, -0.2) is 0 Å². The number of Topliss-reactive ketones (excluding diaryl/α,β-unsaturated/α-hetero) is 1. The van der Waals surface area contributed by atoms with Crippen molar-refractivity contribution < 1.29 is 24.3 Å². The molecule has 1 aliphatic heterocycles. The van der Waals surface area contributed by atoms with Crippen LogP contribution < -0.4 is 0 Å². The highest BCUT2D eigenvalue weighted by atomic mass is 35.5. The Morgan fingerprint density at radius 1 is 0.886 bits per heavy atom. The van der Waals surface area contributed by atoms with Crippen molar-refractivity contribution >= 4 is 35.2 Å². The minimum Gasteiger partial charge on any atom is -0.481 e. The molecule has 0 saturated heterocycles. The van der Waals surface area contributed by atoms with Gasteiger partial charge in [0.15, 0.2) is 5.78 Å². The van der Waals surface area contributed by atoms with Gasteiger partial charge >= 0.3 is 5.97 Å². The number of imide groups is 1. The second kappa shape index (κ2) is 10.2.